The molecule has 0 aliphatic rings. The lowest BCUT2D eigenvalue weighted by Crippen LogP contribution is -2.33. The summed E-state index contributed by atoms with van der Waals surface area (Å²) in [5.41, 5.74) is 0.132. The van der Waals surface area contributed by atoms with E-state index in [0.717, 1.165) is 0 Å². The molecule has 2 rings (SSSR count). The molecular formula is C10H9N3O4. The molecule has 0 amide bonds. The Morgan fingerprint density at radius 2 is 2.06 bits per heavy atom. The van der Waals surface area contributed by atoms with Gasteiger partial charge >= 0.3 is 5.97 Å². The summed E-state index contributed by atoms with van der Waals surface area (Å²) in [4.78, 5) is 22.0. The average Bonchev–Trinajstić information content (AvgIpc) is 2.73. The van der Waals surface area contributed by atoms with E-state index in [0.29, 0.717) is 5.52 Å². The van der Waals surface area contributed by atoms with Crippen LogP contribution in [-0.4, -0.2) is 31.0 Å². The van der Waals surface area contributed by atoms with Crippen molar-refractivity contribution in [3.63, 3.8) is 0 Å². The molecule has 2 aromatic rings. The topological polar surface area (TPSA) is 105 Å². The molecule has 0 aliphatic heterocycles. The molecular weight excluding hydrogens is 226 g/mol. The predicted octanol–water partition coefficient (Wildman–Crippen LogP) is -0.661. The Bertz CT molecular complexity index is 676. The van der Waals surface area contributed by atoms with Crippen molar-refractivity contribution >= 4 is 17.2 Å². The van der Waals surface area contributed by atoms with Crippen molar-refractivity contribution in [1.82, 2.24) is 14.8 Å². The third-order valence-electron chi connectivity index (χ3n) is 2.28. The van der Waals surface area contributed by atoms with Gasteiger partial charge in [0, 0.05) is 6.42 Å². The summed E-state index contributed by atoms with van der Waals surface area (Å²) < 4.78 is 1.19. The Balaban J connectivity index is 2.63. The second kappa shape index (κ2) is 4.20. The first kappa shape index (κ1) is 11.1. The minimum Gasteiger partial charge on any atom is -0.510 e. The lowest BCUT2D eigenvalue weighted by molar-refractivity contribution is -0.136. The number of carbonyl (C=O) groups is 1. The van der Waals surface area contributed by atoms with Crippen LogP contribution >= 0.6 is 0 Å². The van der Waals surface area contributed by atoms with Crippen LogP contribution in [0.1, 0.15) is 12.8 Å². The molecule has 0 bridgehead atoms. The maximum absolute atomic E-state index is 11.6. The summed E-state index contributed by atoms with van der Waals surface area (Å²) in [5.74, 6) is -1.34. The summed E-state index contributed by atoms with van der Waals surface area (Å²) >= 11 is 0. The molecule has 0 saturated heterocycles. The third-order valence-corrected chi connectivity index (χ3v) is 2.28. The highest BCUT2D eigenvalue weighted by Crippen LogP contribution is 2.00. The monoisotopic (exact) mass is 235 g/mol. The first-order chi connectivity index (χ1) is 8.09. The number of carboxylic acids is 1. The van der Waals surface area contributed by atoms with Crippen LogP contribution in [0, 0.1) is 0 Å². The van der Waals surface area contributed by atoms with Crippen molar-refractivity contribution < 1.29 is 15.0 Å². The first-order valence-corrected chi connectivity index (χ1v) is 4.87. The van der Waals surface area contributed by atoms with Crippen LogP contribution in [0.2, 0.25) is 0 Å². The molecule has 0 spiro atoms. The molecule has 2 aromatic heterocycles. The Hall–Kier alpha value is -2.44. The molecule has 0 atom stereocenters. The van der Waals surface area contributed by atoms with Crippen molar-refractivity contribution in [2.24, 2.45) is 0 Å². The van der Waals surface area contributed by atoms with Crippen LogP contribution in [0.15, 0.2) is 23.1 Å². The number of aliphatic hydroxyl groups excluding tert-OH is 1. The molecule has 17 heavy (non-hydrogen) atoms. The van der Waals surface area contributed by atoms with E-state index >= 15 is 0 Å². The van der Waals surface area contributed by atoms with Crippen molar-refractivity contribution in [2.75, 3.05) is 0 Å². The molecule has 2 N–H and O–H groups in total. The standard InChI is InChI=1S/C10H9N3O4/c14-7-2-1-6-5-11-12-13(6)10(7)8(15)3-4-9(16)17/h1-2,5,15H,3-4H2,(H,16,17). The minimum atomic E-state index is -1.05. The highest BCUT2D eigenvalue weighted by Gasteiger charge is 2.07. The maximum Gasteiger partial charge on any atom is 0.303 e. The second-order valence-corrected chi connectivity index (χ2v) is 3.46. The fourth-order valence-corrected chi connectivity index (χ4v) is 1.48. The van der Waals surface area contributed by atoms with Crippen LogP contribution in [0.4, 0.5) is 0 Å². The van der Waals surface area contributed by atoms with E-state index in [9.17, 15) is 14.7 Å². The minimum absolute atomic E-state index is 0.0405. The van der Waals surface area contributed by atoms with Crippen LogP contribution in [0.25, 0.3) is 11.3 Å². The molecule has 0 fully saturated rings. The smallest absolute Gasteiger partial charge is 0.303 e. The molecule has 0 aliphatic carbocycles. The van der Waals surface area contributed by atoms with Crippen LogP contribution < -0.4 is 10.8 Å². The number of aromatic nitrogens is 3. The third kappa shape index (κ3) is 2.07. The van der Waals surface area contributed by atoms with Gasteiger partial charge in [-0.25, -0.2) is 4.52 Å². The molecule has 0 radical (unpaired) electrons. The summed E-state index contributed by atoms with van der Waals surface area (Å²) in [6, 6.07) is 2.81. The Kier molecular flexibility index (Phi) is 2.73. The number of aliphatic hydroxyl groups is 1. The van der Waals surface area contributed by atoms with Gasteiger partial charge in [-0.05, 0) is 12.1 Å². The second-order valence-electron chi connectivity index (χ2n) is 3.46. The highest BCUT2D eigenvalue weighted by atomic mass is 16.4. The van der Waals surface area contributed by atoms with E-state index in [1.165, 1.54) is 22.8 Å². The van der Waals surface area contributed by atoms with Gasteiger partial charge < -0.3 is 10.2 Å². The average molecular weight is 235 g/mol. The van der Waals surface area contributed by atoms with E-state index in [-0.39, 0.29) is 23.9 Å². The van der Waals surface area contributed by atoms with E-state index in [2.05, 4.69) is 10.3 Å². The van der Waals surface area contributed by atoms with Gasteiger partial charge in [-0.2, -0.15) is 0 Å². The normalized spacial score (nSPS) is 12.7. The van der Waals surface area contributed by atoms with Crippen LogP contribution in [0.3, 0.4) is 0 Å². The number of fused-ring (bicyclic) bond motifs is 1. The van der Waals surface area contributed by atoms with Gasteiger partial charge in [-0.3, -0.25) is 9.59 Å². The zero-order valence-electron chi connectivity index (χ0n) is 8.70. The zero-order valence-corrected chi connectivity index (χ0v) is 8.70. The molecule has 0 saturated carbocycles. The molecule has 0 unspecified atom stereocenters. The summed E-state index contributed by atoms with van der Waals surface area (Å²) in [7, 11) is 0. The summed E-state index contributed by atoms with van der Waals surface area (Å²) in [6.45, 7) is 0. The Labute approximate surface area is 94.6 Å². The SMILES string of the molecule is O=C(O)CCC(O)=c1c(=O)ccc2cnnn12. The highest BCUT2D eigenvalue weighted by molar-refractivity contribution is 5.68. The van der Waals surface area contributed by atoms with Gasteiger partial charge in [0.1, 0.15) is 5.76 Å². The predicted molar refractivity (Wildman–Crippen MR) is 57.4 cm³/mol. The van der Waals surface area contributed by atoms with Crippen LogP contribution in [-0.2, 0) is 4.79 Å². The fraction of sp³-hybridized carbons (Fsp3) is 0.200. The van der Waals surface area contributed by atoms with Gasteiger partial charge in [0.05, 0.1) is 18.1 Å². The zero-order chi connectivity index (χ0) is 12.4. The van der Waals surface area contributed by atoms with E-state index < -0.39 is 11.4 Å². The number of hydrogen-bond donors (Lipinski definition) is 2. The molecule has 7 nitrogen and oxygen atoms in total. The number of nitrogens with zero attached hydrogens (tertiary/aromatic N) is 3. The van der Waals surface area contributed by atoms with Crippen molar-refractivity contribution in [1.29, 1.82) is 0 Å². The maximum atomic E-state index is 11.6. The van der Waals surface area contributed by atoms with Gasteiger partial charge in [0.15, 0.2) is 5.35 Å². The number of carboxylic acid groups (broad SMARTS) is 1. The van der Waals surface area contributed by atoms with E-state index in [4.69, 9.17) is 5.11 Å². The van der Waals surface area contributed by atoms with Crippen molar-refractivity contribution in [3.8, 4) is 0 Å². The molecule has 88 valence electrons. The molecule has 7 heteroatoms. The number of hydrogen-bond acceptors (Lipinski definition) is 5. The van der Waals surface area contributed by atoms with Gasteiger partial charge in [0.25, 0.3) is 0 Å². The van der Waals surface area contributed by atoms with E-state index in [1.54, 1.807) is 0 Å². The Morgan fingerprint density at radius 3 is 2.76 bits per heavy atom. The number of rotatable bonds is 3. The van der Waals surface area contributed by atoms with Crippen LogP contribution in [0.5, 0.6) is 0 Å². The fourth-order valence-electron chi connectivity index (χ4n) is 1.48. The van der Waals surface area contributed by atoms with Crippen molar-refractivity contribution in [2.45, 2.75) is 12.8 Å². The Morgan fingerprint density at radius 1 is 1.29 bits per heavy atom. The van der Waals surface area contributed by atoms with Crippen molar-refractivity contribution in [3.05, 3.63) is 33.9 Å². The summed E-state index contributed by atoms with van der Waals surface area (Å²) in [5, 5.41) is 25.5. The molecule has 2 heterocycles. The molecule has 0 aromatic carbocycles. The lowest BCUT2D eigenvalue weighted by atomic mass is 10.2. The number of pyridine rings is 1. The number of aliphatic carboxylic acids is 1. The largest absolute Gasteiger partial charge is 0.510 e. The van der Waals surface area contributed by atoms with Gasteiger partial charge in [0.2, 0.25) is 5.43 Å². The summed E-state index contributed by atoms with van der Waals surface area (Å²) in [6.07, 6.45) is 1.06. The first-order valence-electron chi connectivity index (χ1n) is 4.87. The van der Waals surface area contributed by atoms with Gasteiger partial charge in [-0.1, -0.05) is 5.21 Å². The van der Waals surface area contributed by atoms with Gasteiger partial charge in [-0.15, -0.1) is 5.10 Å². The van der Waals surface area contributed by atoms with E-state index in [1.807, 2.05) is 0 Å². The lowest BCUT2D eigenvalue weighted by Gasteiger charge is -1.98. The quantitative estimate of drug-likeness (QED) is 0.731.